The number of carbonyl (C=O) groups is 3. The van der Waals surface area contributed by atoms with Gasteiger partial charge in [-0.25, -0.2) is 9.59 Å². The number of rotatable bonds is 16. The van der Waals surface area contributed by atoms with Crippen molar-refractivity contribution in [3.63, 3.8) is 0 Å². The Morgan fingerprint density at radius 1 is 0.930 bits per heavy atom. The van der Waals surface area contributed by atoms with Crippen LogP contribution in [0, 0.1) is 18.8 Å². The van der Waals surface area contributed by atoms with Crippen molar-refractivity contribution in [3.05, 3.63) is 53.6 Å². The predicted molar refractivity (Wildman–Crippen MR) is 172 cm³/mol. The van der Waals surface area contributed by atoms with Crippen LogP contribution in [-0.4, -0.2) is 68.2 Å². The fourth-order valence-electron chi connectivity index (χ4n) is 4.67. The topological polar surface area (TPSA) is 120 Å². The average molecular weight is 599 g/mol. The number of hydrogen-bond donors (Lipinski definition) is 3. The van der Waals surface area contributed by atoms with Crippen LogP contribution in [0.15, 0.2) is 42.5 Å². The van der Waals surface area contributed by atoms with Gasteiger partial charge in [-0.15, -0.1) is 0 Å². The summed E-state index contributed by atoms with van der Waals surface area (Å²) in [7, 11) is 1.55. The zero-order chi connectivity index (χ0) is 31.9. The third-order valence-electron chi connectivity index (χ3n) is 6.83. The molecule has 0 saturated heterocycles. The van der Waals surface area contributed by atoms with Crippen molar-refractivity contribution in [2.24, 2.45) is 11.8 Å². The van der Waals surface area contributed by atoms with E-state index in [1.54, 1.807) is 7.05 Å². The number of anilines is 3. The SMILES string of the molecule is CC[C@@H](CC(=O)OCOC(=O)N(C)CCCO)c1ccc(N(CC(C)C)CC(C)C)c(NC(=O)Nc2ccc(C)cc2)c1. The molecule has 0 fully saturated rings. The number of aryl methyl sites for hydroxylation is 1. The molecule has 0 aliphatic rings. The highest BCUT2D eigenvalue weighted by Crippen LogP contribution is 2.34. The van der Waals surface area contributed by atoms with Crippen LogP contribution in [0.4, 0.5) is 26.7 Å². The maximum absolute atomic E-state index is 13.1. The van der Waals surface area contributed by atoms with Crippen LogP contribution in [-0.2, 0) is 14.3 Å². The van der Waals surface area contributed by atoms with Gasteiger partial charge >= 0.3 is 18.1 Å². The molecule has 238 valence electrons. The third kappa shape index (κ3) is 12.5. The summed E-state index contributed by atoms with van der Waals surface area (Å²) in [5.41, 5.74) is 4.27. The van der Waals surface area contributed by atoms with E-state index < -0.39 is 18.9 Å². The van der Waals surface area contributed by atoms with Crippen LogP contribution in [0.25, 0.3) is 0 Å². The molecule has 2 aromatic rings. The summed E-state index contributed by atoms with van der Waals surface area (Å²) >= 11 is 0. The van der Waals surface area contributed by atoms with Crippen LogP contribution in [0.2, 0.25) is 0 Å². The van der Waals surface area contributed by atoms with Gasteiger partial charge in [-0.2, -0.15) is 0 Å². The monoisotopic (exact) mass is 598 g/mol. The number of ether oxygens (including phenoxy) is 2. The molecule has 2 aromatic carbocycles. The van der Waals surface area contributed by atoms with Gasteiger partial charge in [0.05, 0.1) is 17.8 Å². The molecule has 0 aliphatic carbocycles. The molecule has 0 spiro atoms. The lowest BCUT2D eigenvalue weighted by atomic mass is 9.92. The smallest absolute Gasteiger partial charge is 0.412 e. The van der Waals surface area contributed by atoms with Crippen molar-refractivity contribution in [2.45, 2.75) is 66.7 Å². The van der Waals surface area contributed by atoms with Crippen molar-refractivity contribution in [2.75, 3.05) is 55.6 Å². The predicted octanol–water partition coefficient (Wildman–Crippen LogP) is 6.59. The van der Waals surface area contributed by atoms with E-state index in [2.05, 4.69) is 43.2 Å². The summed E-state index contributed by atoms with van der Waals surface area (Å²) in [5.74, 6) is 0.159. The largest absolute Gasteiger partial charge is 0.428 e. The molecule has 0 radical (unpaired) electrons. The summed E-state index contributed by atoms with van der Waals surface area (Å²) in [6.07, 6.45) is 0.551. The van der Waals surface area contributed by atoms with Gasteiger partial charge in [0.1, 0.15) is 0 Å². The van der Waals surface area contributed by atoms with Crippen LogP contribution >= 0.6 is 0 Å². The van der Waals surface area contributed by atoms with Crippen LogP contribution in [0.5, 0.6) is 0 Å². The normalized spacial score (nSPS) is 11.7. The van der Waals surface area contributed by atoms with Gasteiger partial charge in [0.25, 0.3) is 0 Å². The molecular weight excluding hydrogens is 548 g/mol. The lowest BCUT2D eigenvalue weighted by molar-refractivity contribution is -0.152. The van der Waals surface area contributed by atoms with Crippen molar-refractivity contribution >= 4 is 35.2 Å². The van der Waals surface area contributed by atoms with Gasteiger partial charge < -0.3 is 35.0 Å². The average Bonchev–Trinajstić information content (AvgIpc) is 2.94. The van der Waals surface area contributed by atoms with E-state index >= 15 is 0 Å². The zero-order valence-corrected chi connectivity index (χ0v) is 26.8. The van der Waals surface area contributed by atoms with Crippen LogP contribution in [0.3, 0.4) is 0 Å². The number of urea groups is 1. The zero-order valence-electron chi connectivity index (χ0n) is 26.8. The number of nitrogens with one attached hydrogen (secondary N) is 2. The summed E-state index contributed by atoms with van der Waals surface area (Å²) < 4.78 is 10.2. The molecule has 0 heterocycles. The first-order chi connectivity index (χ1) is 20.4. The van der Waals surface area contributed by atoms with E-state index in [4.69, 9.17) is 14.6 Å². The molecule has 3 N–H and O–H groups in total. The van der Waals surface area contributed by atoms with E-state index in [0.717, 1.165) is 29.9 Å². The Morgan fingerprint density at radius 3 is 2.16 bits per heavy atom. The molecule has 0 bridgehead atoms. The molecule has 10 nitrogen and oxygen atoms in total. The molecule has 43 heavy (non-hydrogen) atoms. The summed E-state index contributed by atoms with van der Waals surface area (Å²) in [4.78, 5) is 41.4. The number of carbonyl (C=O) groups excluding carboxylic acids is 3. The third-order valence-corrected chi connectivity index (χ3v) is 6.83. The van der Waals surface area contributed by atoms with Gasteiger partial charge in [0, 0.05) is 39.0 Å². The molecule has 2 rings (SSSR count). The van der Waals surface area contributed by atoms with Crippen LogP contribution < -0.4 is 15.5 Å². The van der Waals surface area contributed by atoms with E-state index in [1.165, 1.54) is 4.90 Å². The van der Waals surface area contributed by atoms with Gasteiger partial charge in [-0.1, -0.05) is 58.4 Å². The number of amides is 3. The molecular formula is C33H50N4O6. The summed E-state index contributed by atoms with van der Waals surface area (Å²) in [6.45, 7) is 14.1. The number of hydrogen-bond acceptors (Lipinski definition) is 7. The number of aliphatic hydroxyl groups excluding tert-OH is 1. The standard InChI is InChI=1S/C33H50N4O6/c1-8-26(19-31(39)42-22-43-33(41)36(7)16-9-17-38)27-12-15-30(37(20-23(2)3)21-24(4)5)29(18-27)35-32(40)34-28-13-10-25(6)11-14-28/h10-15,18,23-24,26,38H,8-9,16-17,19-22H2,1-7H3,(H2,34,35,40)/t26-/m0/s1. The Bertz CT molecular complexity index is 1160. The van der Waals surface area contributed by atoms with Gasteiger partial charge in [0.15, 0.2) is 0 Å². The highest BCUT2D eigenvalue weighted by atomic mass is 16.7. The van der Waals surface area contributed by atoms with Crippen molar-refractivity contribution in [1.29, 1.82) is 0 Å². The molecule has 0 saturated carbocycles. The van der Waals surface area contributed by atoms with E-state index in [-0.39, 0.29) is 25.0 Å². The molecule has 0 unspecified atom stereocenters. The highest BCUT2D eigenvalue weighted by molar-refractivity contribution is 6.02. The summed E-state index contributed by atoms with van der Waals surface area (Å²) in [6, 6.07) is 13.2. The minimum Gasteiger partial charge on any atom is -0.428 e. The van der Waals surface area contributed by atoms with E-state index in [0.29, 0.717) is 42.6 Å². The lowest BCUT2D eigenvalue weighted by Crippen LogP contribution is -2.32. The lowest BCUT2D eigenvalue weighted by Gasteiger charge is -2.31. The molecule has 3 amide bonds. The van der Waals surface area contributed by atoms with E-state index in [9.17, 15) is 14.4 Å². The highest BCUT2D eigenvalue weighted by Gasteiger charge is 2.21. The maximum atomic E-state index is 13.1. The quantitative estimate of drug-likeness (QED) is 0.147. The Kier molecular flexibility index (Phi) is 14.8. The van der Waals surface area contributed by atoms with Crippen molar-refractivity contribution < 1.29 is 29.0 Å². The Hall–Kier alpha value is -3.79. The van der Waals surface area contributed by atoms with Gasteiger partial charge in [-0.3, -0.25) is 4.79 Å². The first-order valence-corrected chi connectivity index (χ1v) is 15.1. The minimum atomic E-state index is -0.629. The molecule has 10 heteroatoms. The number of benzene rings is 2. The fraction of sp³-hybridized carbons (Fsp3) is 0.545. The second kappa shape index (κ2) is 18.0. The van der Waals surface area contributed by atoms with E-state index in [1.807, 2.05) is 56.3 Å². The second-order valence-electron chi connectivity index (χ2n) is 11.8. The summed E-state index contributed by atoms with van der Waals surface area (Å²) in [5, 5.41) is 14.9. The molecule has 0 aliphatic heterocycles. The maximum Gasteiger partial charge on any atom is 0.412 e. The molecule has 1 atom stereocenters. The fourth-order valence-corrected chi connectivity index (χ4v) is 4.67. The number of nitrogens with zero attached hydrogens (tertiary/aromatic N) is 2. The minimum absolute atomic E-state index is 0.0336. The van der Waals surface area contributed by atoms with Crippen molar-refractivity contribution in [3.8, 4) is 0 Å². The first kappa shape index (κ1) is 35.4. The first-order valence-electron chi connectivity index (χ1n) is 15.1. The Labute approximate surface area is 256 Å². The van der Waals surface area contributed by atoms with Gasteiger partial charge in [-0.05, 0) is 67.3 Å². The molecule has 0 aromatic heterocycles. The number of aliphatic hydroxyl groups is 1. The number of esters is 1. The second-order valence-corrected chi connectivity index (χ2v) is 11.8. The van der Waals surface area contributed by atoms with Crippen LogP contribution in [0.1, 0.15) is 70.9 Å². The van der Waals surface area contributed by atoms with Gasteiger partial charge in [0.2, 0.25) is 6.79 Å². The Balaban J connectivity index is 2.23. The van der Waals surface area contributed by atoms with Crippen molar-refractivity contribution in [1.82, 2.24) is 4.90 Å². The Morgan fingerprint density at radius 2 is 1.58 bits per heavy atom.